The fourth-order valence-corrected chi connectivity index (χ4v) is 3.40. The van der Waals surface area contributed by atoms with Gasteiger partial charge in [-0.1, -0.05) is 24.3 Å². The monoisotopic (exact) mass is 494 g/mol. The van der Waals surface area contributed by atoms with Crippen LogP contribution in [-0.4, -0.2) is 53.1 Å². The number of carbonyl (C=O) groups excluding carboxylic acids is 2. The third-order valence-corrected chi connectivity index (χ3v) is 5.10. The average molecular weight is 494 g/mol. The summed E-state index contributed by atoms with van der Waals surface area (Å²) in [7, 11) is 0. The Hall–Kier alpha value is -4.01. The molecule has 1 atom stereocenters. The molecule has 1 fully saturated rings. The summed E-state index contributed by atoms with van der Waals surface area (Å²) in [5, 5.41) is 11.5. The molecule has 35 heavy (non-hydrogen) atoms. The number of hydrogen-bond acceptors (Lipinski definition) is 5. The van der Waals surface area contributed by atoms with Gasteiger partial charge in [0.15, 0.2) is 0 Å². The van der Waals surface area contributed by atoms with Gasteiger partial charge in [0, 0.05) is 29.9 Å². The van der Waals surface area contributed by atoms with Crippen molar-refractivity contribution >= 4 is 24.0 Å². The second-order valence-electron chi connectivity index (χ2n) is 7.66. The van der Waals surface area contributed by atoms with Gasteiger partial charge in [-0.2, -0.15) is 5.26 Å². The molecule has 1 saturated heterocycles. The lowest BCUT2D eigenvalue weighted by atomic mass is 10.00. The average Bonchev–Trinajstić information content (AvgIpc) is 2.80. The highest BCUT2D eigenvalue weighted by Crippen LogP contribution is 2.30. The summed E-state index contributed by atoms with van der Waals surface area (Å²) >= 11 is 0. The molecule has 0 saturated carbocycles. The largest absolute Gasteiger partial charge is 0.573 e. The molecule has 1 aliphatic rings. The van der Waals surface area contributed by atoms with Gasteiger partial charge in [-0.3, -0.25) is 14.6 Å². The third-order valence-electron chi connectivity index (χ3n) is 5.10. The van der Waals surface area contributed by atoms with Crippen LogP contribution in [0.4, 0.5) is 22.0 Å². The Morgan fingerprint density at radius 3 is 2.60 bits per heavy atom. The van der Waals surface area contributed by atoms with Crippen LogP contribution < -0.4 is 10.1 Å². The number of hydrogen-bond donors (Lipinski definition) is 1. The van der Waals surface area contributed by atoms with E-state index in [1.54, 1.807) is 0 Å². The number of nitrogens with one attached hydrogen (secondary N) is 1. The van der Waals surface area contributed by atoms with Crippen molar-refractivity contribution in [3.05, 3.63) is 59.4 Å². The molecule has 1 aliphatic heterocycles. The van der Waals surface area contributed by atoms with Gasteiger partial charge in [0.05, 0.1) is 19.2 Å². The Labute approximate surface area is 196 Å². The minimum atomic E-state index is -4.80. The molecule has 0 bridgehead atoms. The summed E-state index contributed by atoms with van der Waals surface area (Å²) in [5.41, 5.74) is 0.979. The summed E-state index contributed by atoms with van der Waals surface area (Å²) in [6, 6.07) is 7.24. The van der Waals surface area contributed by atoms with Gasteiger partial charge in [0.25, 0.3) is 11.8 Å². The van der Waals surface area contributed by atoms with Crippen molar-refractivity contribution in [2.24, 2.45) is 0 Å². The van der Waals surface area contributed by atoms with Crippen LogP contribution in [0.15, 0.2) is 42.7 Å². The Kier molecular flexibility index (Phi) is 7.68. The highest BCUT2D eigenvalue weighted by Gasteiger charge is 2.42. The fourth-order valence-electron chi connectivity index (χ4n) is 3.40. The van der Waals surface area contributed by atoms with Gasteiger partial charge in [-0.05, 0) is 30.2 Å². The molecule has 184 valence electrons. The second kappa shape index (κ2) is 10.5. The molecule has 1 aromatic heterocycles. The van der Waals surface area contributed by atoms with E-state index in [0.29, 0.717) is 11.1 Å². The van der Waals surface area contributed by atoms with E-state index in [0.717, 1.165) is 17.0 Å². The number of nitrogens with zero attached hydrogens (tertiary/aromatic N) is 3. The lowest BCUT2D eigenvalue weighted by molar-refractivity contribution is -0.274. The topological polar surface area (TPSA) is 95.3 Å². The molecule has 1 unspecified atom stereocenters. The first-order valence-corrected chi connectivity index (χ1v) is 10.3. The molecule has 2 amide bonds. The zero-order chi connectivity index (χ0) is 25.6. The lowest BCUT2D eigenvalue weighted by Gasteiger charge is -2.36. The maximum absolute atomic E-state index is 13.7. The first kappa shape index (κ1) is 25.6. The first-order chi connectivity index (χ1) is 16.5. The number of benzene rings is 1. The standard InChI is InChI=1S/C23H19F5N4O3/c24-22(25)9-7-17(11-29)32(14-22)20(33)13-31-21(34)19-8-10-30-12-16(19)4-1-15-2-5-18(6-3-15)35-23(26,27)28/h1-6,8,10,12,17H,7,9,13-14H2,(H,31,34)/b4-1+. The molecular weight excluding hydrogens is 475 g/mol. The van der Waals surface area contributed by atoms with Crippen molar-refractivity contribution in [1.29, 1.82) is 5.26 Å². The number of amides is 2. The second-order valence-corrected chi connectivity index (χ2v) is 7.66. The summed E-state index contributed by atoms with van der Waals surface area (Å²) in [5.74, 6) is -4.97. The van der Waals surface area contributed by atoms with E-state index in [9.17, 15) is 31.5 Å². The summed E-state index contributed by atoms with van der Waals surface area (Å²) in [4.78, 5) is 29.8. The van der Waals surface area contributed by atoms with Crippen molar-refractivity contribution < 1.29 is 36.3 Å². The first-order valence-electron chi connectivity index (χ1n) is 10.3. The molecule has 3 rings (SSSR count). The summed E-state index contributed by atoms with van der Waals surface area (Å²) < 4.78 is 68.0. The van der Waals surface area contributed by atoms with Gasteiger partial charge >= 0.3 is 6.36 Å². The number of ether oxygens (including phenoxy) is 1. The smallest absolute Gasteiger partial charge is 0.406 e. The zero-order valence-electron chi connectivity index (χ0n) is 18.1. The maximum Gasteiger partial charge on any atom is 0.573 e. The Bertz CT molecular complexity index is 1140. The number of aromatic nitrogens is 1. The fraction of sp³-hybridized carbons (Fsp3) is 0.304. The molecule has 0 spiro atoms. The van der Waals surface area contributed by atoms with Crippen LogP contribution in [0.5, 0.6) is 5.75 Å². The number of alkyl halides is 5. The molecule has 1 aromatic carbocycles. The molecule has 0 aliphatic carbocycles. The number of halogens is 5. The van der Waals surface area contributed by atoms with Crippen LogP contribution in [0.25, 0.3) is 12.2 Å². The van der Waals surface area contributed by atoms with E-state index >= 15 is 0 Å². The van der Waals surface area contributed by atoms with Gasteiger partial charge < -0.3 is 15.0 Å². The van der Waals surface area contributed by atoms with Crippen molar-refractivity contribution in [2.75, 3.05) is 13.1 Å². The Balaban J connectivity index is 1.66. The number of rotatable bonds is 6. The van der Waals surface area contributed by atoms with E-state index in [1.165, 1.54) is 42.7 Å². The van der Waals surface area contributed by atoms with Crippen LogP contribution in [0, 0.1) is 11.3 Å². The van der Waals surface area contributed by atoms with Crippen LogP contribution in [-0.2, 0) is 4.79 Å². The number of likely N-dealkylation sites (tertiary alicyclic amines) is 1. The van der Waals surface area contributed by atoms with Gasteiger partial charge in [0.1, 0.15) is 11.8 Å². The van der Waals surface area contributed by atoms with Gasteiger partial charge in [-0.15, -0.1) is 13.2 Å². The minimum Gasteiger partial charge on any atom is -0.406 e. The van der Waals surface area contributed by atoms with Crippen molar-refractivity contribution in [3.8, 4) is 11.8 Å². The minimum absolute atomic E-state index is 0.127. The molecule has 2 aromatic rings. The highest BCUT2D eigenvalue weighted by atomic mass is 19.4. The quantitative estimate of drug-likeness (QED) is 0.612. The molecular formula is C23H19F5N4O3. The predicted molar refractivity (Wildman–Crippen MR) is 114 cm³/mol. The normalized spacial score (nSPS) is 17.6. The van der Waals surface area contributed by atoms with Crippen molar-refractivity contribution in [2.45, 2.75) is 31.2 Å². The van der Waals surface area contributed by atoms with E-state index < -0.39 is 49.7 Å². The van der Waals surface area contributed by atoms with Crippen molar-refractivity contribution in [1.82, 2.24) is 15.2 Å². The SMILES string of the molecule is N#CC1CCC(F)(F)CN1C(=O)CNC(=O)c1ccncc1/C=C/c1ccc(OC(F)(F)F)cc1. The number of piperidine rings is 1. The van der Waals surface area contributed by atoms with Crippen LogP contribution >= 0.6 is 0 Å². The highest BCUT2D eigenvalue weighted by molar-refractivity contribution is 6.00. The molecule has 1 N–H and O–H groups in total. The zero-order valence-corrected chi connectivity index (χ0v) is 18.1. The molecule has 12 heteroatoms. The molecule has 2 heterocycles. The number of pyridine rings is 1. The van der Waals surface area contributed by atoms with Gasteiger partial charge in [0.2, 0.25) is 5.91 Å². The van der Waals surface area contributed by atoms with E-state index in [1.807, 2.05) is 6.07 Å². The summed E-state index contributed by atoms with van der Waals surface area (Å²) in [6.07, 6.45) is 0.280. The van der Waals surface area contributed by atoms with Crippen LogP contribution in [0.2, 0.25) is 0 Å². The Morgan fingerprint density at radius 1 is 1.23 bits per heavy atom. The van der Waals surface area contributed by atoms with Crippen LogP contribution in [0.1, 0.15) is 34.3 Å². The molecule has 7 nitrogen and oxygen atoms in total. The van der Waals surface area contributed by atoms with Crippen LogP contribution in [0.3, 0.4) is 0 Å². The lowest BCUT2D eigenvalue weighted by Crippen LogP contribution is -2.53. The third kappa shape index (κ3) is 7.23. The Morgan fingerprint density at radius 2 is 1.94 bits per heavy atom. The van der Waals surface area contributed by atoms with E-state index in [4.69, 9.17) is 5.26 Å². The maximum atomic E-state index is 13.7. The summed E-state index contributed by atoms with van der Waals surface area (Å²) in [6.45, 7) is -1.48. The molecule has 0 radical (unpaired) electrons. The van der Waals surface area contributed by atoms with E-state index in [-0.39, 0.29) is 17.7 Å². The number of carbonyl (C=O) groups is 2. The predicted octanol–water partition coefficient (Wildman–Crippen LogP) is 4.03. The number of nitriles is 1. The van der Waals surface area contributed by atoms with Gasteiger partial charge in [-0.25, -0.2) is 8.78 Å². The van der Waals surface area contributed by atoms with E-state index in [2.05, 4.69) is 15.0 Å². The van der Waals surface area contributed by atoms with Crippen molar-refractivity contribution in [3.63, 3.8) is 0 Å².